The average Bonchev–Trinajstić information content (AvgIpc) is 2.28. The molecule has 0 unspecified atom stereocenters. The van der Waals surface area contributed by atoms with Gasteiger partial charge in [0.2, 0.25) is 0 Å². The number of hydrogen-bond donors (Lipinski definition) is 0. The second-order valence-electron chi connectivity index (χ2n) is 3.65. The monoisotopic (exact) mass is 358 g/mol. The van der Waals surface area contributed by atoms with Crippen LogP contribution < -0.4 is 0 Å². The van der Waals surface area contributed by atoms with Crippen molar-refractivity contribution in [1.29, 1.82) is 0 Å². The molecule has 0 amide bonds. The van der Waals surface area contributed by atoms with Gasteiger partial charge in [0.25, 0.3) is 0 Å². The van der Waals surface area contributed by atoms with Crippen molar-refractivity contribution in [2.24, 2.45) is 0 Å². The van der Waals surface area contributed by atoms with Crippen molar-refractivity contribution in [3.8, 4) is 0 Å². The molecule has 94 valence electrons. The van der Waals surface area contributed by atoms with E-state index >= 15 is 0 Å². The molecule has 0 aliphatic rings. The fourth-order valence-corrected chi connectivity index (χ4v) is 3.62. The van der Waals surface area contributed by atoms with Crippen LogP contribution in [0.5, 0.6) is 0 Å². The van der Waals surface area contributed by atoms with E-state index < -0.39 is 11.7 Å². The molecular formula is C13H15F3Te. The molecule has 0 heterocycles. The second kappa shape index (κ2) is 7.08. The molecule has 0 N–H and O–H groups in total. The Morgan fingerprint density at radius 1 is 1.18 bits per heavy atom. The molecule has 0 nitrogen and oxygen atoms in total. The molecule has 1 aromatic carbocycles. The van der Waals surface area contributed by atoms with Gasteiger partial charge >= 0.3 is 110 Å². The Morgan fingerprint density at radius 2 is 1.82 bits per heavy atom. The Balaban J connectivity index is 2.51. The van der Waals surface area contributed by atoms with Gasteiger partial charge in [-0.05, 0) is 0 Å². The van der Waals surface area contributed by atoms with E-state index in [9.17, 15) is 13.2 Å². The maximum absolute atomic E-state index is 12.3. The molecule has 0 aliphatic heterocycles. The van der Waals surface area contributed by atoms with E-state index in [1.165, 1.54) is 29.4 Å². The van der Waals surface area contributed by atoms with Crippen LogP contribution in [0.4, 0.5) is 13.2 Å². The van der Waals surface area contributed by atoms with Gasteiger partial charge in [-0.1, -0.05) is 0 Å². The molecule has 1 rings (SSSR count). The van der Waals surface area contributed by atoms with E-state index in [2.05, 4.69) is 11.0 Å². The molecule has 0 spiro atoms. The summed E-state index contributed by atoms with van der Waals surface area (Å²) in [5.41, 5.74) is 0.261. The maximum atomic E-state index is 12.3. The van der Waals surface area contributed by atoms with E-state index in [1.54, 1.807) is 0 Å². The van der Waals surface area contributed by atoms with Crippen molar-refractivity contribution in [3.05, 3.63) is 39.5 Å². The number of alkyl halides is 3. The van der Waals surface area contributed by atoms with Crippen LogP contribution >= 0.6 is 0 Å². The van der Waals surface area contributed by atoms with Crippen LogP contribution in [0.25, 0.3) is 6.08 Å². The van der Waals surface area contributed by atoms with E-state index in [0.717, 1.165) is 17.7 Å². The summed E-state index contributed by atoms with van der Waals surface area (Å²) in [6, 6.07) is 5.30. The van der Waals surface area contributed by atoms with Crippen molar-refractivity contribution in [3.63, 3.8) is 0 Å². The van der Waals surface area contributed by atoms with Gasteiger partial charge in [0.1, 0.15) is 0 Å². The third-order valence-corrected chi connectivity index (χ3v) is 4.64. The van der Waals surface area contributed by atoms with Crippen LogP contribution in [0.3, 0.4) is 0 Å². The first-order chi connectivity index (χ1) is 8.04. The molecule has 1 aromatic rings. The fourth-order valence-electron chi connectivity index (χ4n) is 1.21. The fraction of sp³-hybridized carbons (Fsp3) is 0.385. The number of benzene rings is 1. The Hall–Kier alpha value is -0.460. The van der Waals surface area contributed by atoms with Gasteiger partial charge in [0, 0.05) is 0 Å². The van der Waals surface area contributed by atoms with E-state index in [4.69, 9.17) is 0 Å². The zero-order valence-corrected chi connectivity index (χ0v) is 12.0. The average molecular weight is 356 g/mol. The molecule has 0 aromatic heterocycles. The van der Waals surface area contributed by atoms with Gasteiger partial charge in [-0.15, -0.1) is 0 Å². The molecule has 0 saturated heterocycles. The third kappa shape index (κ3) is 5.61. The Kier molecular flexibility index (Phi) is 6.08. The summed E-state index contributed by atoms with van der Waals surface area (Å²) in [5.74, 6) is 0. The van der Waals surface area contributed by atoms with Gasteiger partial charge < -0.3 is 0 Å². The van der Waals surface area contributed by atoms with Crippen LogP contribution in [0.15, 0.2) is 28.4 Å². The first-order valence-electron chi connectivity index (χ1n) is 5.49. The SMILES string of the molecule is CCCC[Te]/C=C\c1ccc(C(F)(F)F)cc1. The van der Waals surface area contributed by atoms with E-state index in [0.29, 0.717) is 0 Å². The molecule has 0 radical (unpaired) electrons. The van der Waals surface area contributed by atoms with Crippen molar-refractivity contribution in [2.75, 3.05) is 0 Å². The number of hydrogen-bond acceptors (Lipinski definition) is 0. The van der Waals surface area contributed by atoms with Crippen molar-refractivity contribution >= 4 is 27.0 Å². The summed E-state index contributed by atoms with van der Waals surface area (Å²) in [5, 5.41) is 0. The van der Waals surface area contributed by atoms with Gasteiger partial charge in [0.05, 0.1) is 0 Å². The minimum absolute atomic E-state index is 0.109. The van der Waals surface area contributed by atoms with Crippen molar-refractivity contribution in [1.82, 2.24) is 0 Å². The number of rotatable bonds is 5. The zero-order valence-electron chi connectivity index (χ0n) is 9.63. The molecule has 0 saturated carbocycles. The van der Waals surface area contributed by atoms with E-state index in [1.807, 2.05) is 6.08 Å². The zero-order chi connectivity index (χ0) is 12.7. The topological polar surface area (TPSA) is 0 Å². The van der Waals surface area contributed by atoms with Crippen LogP contribution in [0, 0.1) is 0 Å². The predicted octanol–water partition coefficient (Wildman–Crippen LogP) is 4.60. The first-order valence-corrected chi connectivity index (χ1v) is 8.49. The molecule has 4 heteroatoms. The molecule has 0 bridgehead atoms. The van der Waals surface area contributed by atoms with Crippen LogP contribution in [-0.2, 0) is 6.18 Å². The Labute approximate surface area is 110 Å². The van der Waals surface area contributed by atoms with Gasteiger partial charge in [-0.3, -0.25) is 0 Å². The molecule has 0 atom stereocenters. The van der Waals surface area contributed by atoms with Gasteiger partial charge in [-0.2, -0.15) is 0 Å². The molecule has 17 heavy (non-hydrogen) atoms. The minimum atomic E-state index is -4.24. The van der Waals surface area contributed by atoms with E-state index in [-0.39, 0.29) is 20.9 Å². The van der Waals surface area contributed by atoms with Crippen LogP contribution in [0.1, 0.15) is 30.9 Å². The van der Waals surface area contributed by atoms with Crippen molar-refractivity contribution < 1.29 is 13.2 Å². The second-order valence-corrected chi connectivity index (χ2v) is 6.54. The number of unbranched alkanes of at least 4 members (excludes halogenated alkanes) is 1. The summed E-state index contributed by atoms with van der Waals surface area (Å²) in [6.45, 7) is 2.16. The summed E-state index contributed by atoms with van der Waals surface area (Å²) >= 11 is -0.109. The quantitative estimate of drug-likeness (QED) is 0.535. The van der Waals surface area contributed by atoms with Crippen LogP contribution in [-0.4, -0.2) is 20.9 Å². The Bertz CT molecular complexity index is 352. The summed E-state index contributed by atoms with van der Waals surface area (Å²) in [7, 11) is 0. The number of halogens is 3. The molecular weight excluding hydrogens is 341 g/mol. The standard InChI is InChI=1S/C13H15F3Te/c1-2-3-9-17-10-8-11-4-6-12(7-5-11)13(14,15)16/h4-8,10H,2-3,9H2,1H3/b10-8-. The van der Waals surface area contributed by atoms with Gasteiger partial charge in [0.15, 0.2) is 0 Å². The normalized spacial score (nSPS) is 12.2. The summed E-state index contributed by atoms with van der Waals surface area (Å²) < 4.78 is 40.3. The van der Waals surface area contributed by atoms with Crippen LogP contribution in [0.2, 0.25) is 4.47 Å². The molecule has 0 fully saturated rings. The predicted molar refractivity (Wildman–Crippen MR) is 65.9 cm³/mol. The third-order valence-electron chi connectivity index (χ3n) is 2.21. The summed E-state index contributed by atoms with van der Waals surface area (Å²) in [6.07, 6.45) is 0.147. The van der Waals surface area contributed by atoms with Gasteiger partial charge in [-0.25, -0.2) is 0 Å². The Morgan fingerprint density at radius 3 is 2.35 bits per heavy atom. The first kappa shape index (κ1) is 14.6. The van der Waals surface area contributed by atoms with Crippen molar-refractivity contribution in [2.45, 2.75) is 30.4 Å². The molecule has 0 aliphatic carbocycles. The summed E-state index contributed by atoms with van der Waals surface area (Å²) in [4.78, 5) is 0.